The zero-order chi connectivity index (χ0) is 23.0. The Balaban J connectivity index is 1.57. The van der Waals surface area contributed by atoms with Gasteiger partial charge in [0.25, 0.3) is 0 Å². The fourth-order valence-corrected chi connectivity index (χ4v) is 6.40. The first kappa shape index (κ1) is 22.7. The molecule has 0 saturated heterocycles. The van der Waals surface area contributed by atoms with Gasteiger partial charge in [-0.3, -0.25) is 9.59 Å². The second kappa shape index (κ2) is 9.31. The highest BCUT2D eigenvalue weighted by Gasteiger charge is 2.41. The van der Waals surface area contributed by atoms with Crippen molar-refractivity contribution in [3.05, 3.63) is 82.9 Å². The zero-order valence-electron chi connectivity index (χ0n) is 18.5. The van der Waals surface area contributed by atoms with Crippen LogP contribution < -0.4 is 0 Å². The van der Waals surface area contributed by atoms with Crippen molar-refractivity contribution < 1.29 is 9.59 Å². The van der Waals surface area contributed by atoms with Gasteiger partial charge in [-0.2, -0.15) is 0 Å². The fourth-order valence-electron chi connectivity index (χ4n) is 5.75. The van der Waals surface area contributed by atoms with Crippen molar-refractivity contribution >= 4 is 43.4 Å². The number of carbonyl (C=O) groups is 2. The molecule has 2 aliphatic rings. The van der Waals surface area contributed by atoms with Crippen LogP contribution in [0.3, 0.4) is 0 Å². The van der Waals surface area contributed by atoms with Gasteiger partial charge in [-0.05, 0) is 64.5 Å². The predicted molar refractivity (Wildman–Crippen MR) is 142 cm³/mol. The third-order valence-corrected chi connectivity index (χ3v) is 8.50. The summed E-state index contributed by atoms with van der Waals surface area (Å²) >= 11 is 6.53. The largest absolute Gasteiger partial charge is 0.293 e. The number of fused-ring (bicyclic) bond motifs is 1. The SMILES string of the molecule is O=C(CBr)c1ccc(-c2ccc(-c3ccc(C(=O)CBr)cc3)c3c2CC2(CCCC2)C3)cc1. The van der Waals surface area contributed by atoms with Crippen LogP contribution in [0.15, 0.2) is 60.7 Å². The van der Waals surface area contributed by atoms with Gasteiger partial charge in [0.15, 0.2) is 11.6 Å². The number of carbonyl (C=O) groups excluding carboxylic acids is 2. The summed E-state index contributed by atoms with van der Waals surface area (Å²) in [4.78, 5) is 24.1. The van der Waals surface area contributed by atoms with E-state index in [9.17, 15) is 9.59 Å². The van der Waals surface area contributed by atoms with Crippen LogP contribution in [0.4, 0.5) is 0 Å². The number of hydrogen-bond donors (Lipinski definition) is 0. The number of halogens is 2. The lowest BCUT2D eigenvalue weighted by Gasteiger charge is -2.22. The number of benzene rings is 3. The Kier molecular flexibility index (Phi) is 6.41. The summed E-state index contributed by atoms with van der Waals surface area (Å²) in [6.45, 7) is 0. The number of rotatable bonds is 6. The average molecular weight is 566 g/mol. The first-order chi connectivity index (χ1) is 16.0. The summed E-state index contributed by atoms with van der Waals surface area (Å²) in [6, 6.07) is 20.6. The van der Waals surface area contributed by atoms with Gasteiger partial charge in [0.05, 0.1) is 10.7 Å². The van der Waals surface area contributed by atoms with E-state index in [-0.39, 0.29) is 11.6 Å². The van der Waals surface area contributed by atoms with Crippen molar-refractivity contribution in [3.8, 4) is 22.3 Å². The summed E-state index contributed by atoms with van der Waals surface area (Å²) in [7, 11) is 0. The molecule has 0 unspecified atom stereocenters. The Morgan fingerprint density at radius 1 is 0.636 bits per heavy atom. The van der Waals surface area contributed by atoms with Gasteiger partial charge in [0, 0.05) is 11.1 Å². The van der Waals surface area contributed by atoms with Gasteiger partial charge in [0.2, 0.25) is 0 Å². The molecule has 1 fully saturated rings. The molecule has 0 aliphatic heterocycles. The average Bonchev–Trinajstić information content (AvgIpc) is 3.48. The van der Waals surface area contributed by atoms with Crippen LogP contribution in [0.1, 0.15) is 57.5 Å². The van der Waals surface area contributed by atoms with Crippen LogP contribution in [-0.2, 0) is 12.8 Å². The van der Waals surface area contributed by atoms with Crippen LogP contribution in [0, 0.1) is 5.41 Å². The number of hydrogen-bond acceptors (Lipinski definition) is 2. The van der Waals surface area contributed by atoms with E-state index in [1.807, 2.05) is 24.3 Å². The maximum atomic E-state index is 12.0. The lowest BCUT2D eigenvalue weighted by Crippen LogP contribution is -2.15. The molecule has 33 heavy (non-hydrogen) atoms. The van der Waals surface area contributed by atoms with Crippen molar-refractivity contribution in [2.24, 2.45) is 5.41 Å². The molecule has 0 heterocycles. The Morgan fingerprint density at radius 2 is 1.03 bits per heavy atom. The summed E-state index contributed by atoms with van der Waals surface area (Å²) in [5.74, 6) is 0.211. The molecule has 0 N–H and O–H groups in total. The lowest BCUT2D eigenvalue weighted by atomic mass is 9.82. The lowest BCUT2D eigenvalue weighted by molar-refractivity contribution is 0.101. The minimum atomic E-state index is 0.105. The van der Waals surface area contributed by atoms with Crippen molar-refractivity contribution in [3.63, 3.8) is 0 Å². The summed E-state index contributed by atoms with van der Waals surface area (Å²) < 4.78 is 0. The van der Waals surface area contributed by atoms with E-state index in [1.165, 1.54) is 59.1 Å². The van der Waals surface area contributed by atoms with Crippen LogP contribution in [-0.4, -0.2) is 22.2 Å². The number of ketones is 2. The topological polar surface area (TPSA) is 34.1 Å². The summed E-state index contributed by atoms with van der Waals surface area (Å²) in [5.41, 5.74) is 9.76. The first-order valence-corrected chi connectivity index (χ1v) is 13.8. The van der Waals surface area contributed by atoms with Crippen LogP contribution in [0.25, 0.3) is 22.3 Å². The number of Topliss-reactive ketones (excluding diaryl/α,β-unsaturated/α-hetero) is 2. The molecular weight excluding hydrogens is 540 g/mol. The van der Waals surface area contributed by atoms with E-state index in [2.05, 4.69) is 68.3 Å². The van der Waals surface area contributed by atoms with Gasteiger partial charge in [-0.15, -0.1) is 0 Å². The van der Waals surface area contributed by atoms with Crippen LogP contribution in [0.2, 0.25) is 0 Å². The third kappa shape index (κ3) is 4.28. The van der Waals surface area contributed by atoms with E-state index in [1.54, 1.807) is 0 Å². The Morgan fingerprint density at radius 3 is 1.39 bits per heavy atom. The second-order valence-electron chi connectivity index (χ2n) is 9.45. The van der Waals surface area contributed by atoms with E-state index < -0.39 is 0 Å². The van der Waals surface area contributed by atoms with E-state index in [4.69, 9.17) is 0 Å². The molecule has 0 bridgehead atoms. The molecule has 4 heteroatoms. The predicted octanol–water partition coefficient (Wildman–Crippen LogP) is 7.83. The second-order valence-corrected chi connectivity index (χ2v) is 10.6. The molecule has 0 radical (unpaired) electrons. The molecule has 2 nitrogen and oxygen atoms in total. The molecule has 3 aromatic rings. The van der Waals surface area contributed by atoms with Crippen molar-refractivity contribution in [1.29, 1.82) is 0 Å². The minimum absolute atomic E-state index is 0.105. The molecule has 2 aliphatic carbocycles. The highest BCUT2D eigenvalue weighted by Crippen LogP contribution is 2.53. The van der Waals surface area contributed by atoms with Crippen molar-refractivity contribution in [2.75, 3.05) is 10.7 Å². The molecule has 0 aromatic heterocycles. The molecule has 0 atom stereocenters. The smallest absolute Gasteiger partial charge is 0.173 e. The maximum Gasteiger partial charge on any atom is 0.173 e. The Labute approximate surface area is 212 Å². The molecule has 0 amide bonds. The van der Waals surface area contributed by atoms with E-state index in [0.29, 0.717) is 16.1 Å². The van der Waals surface area contributed by atoms with Gasteiger partial charge < -0.3 is 0 Å². The van der Waals surface area contributed by atoms with Gasteiger partial charge in [-0.1, -0.05) is 105 Å². The highest BCUT2D eigenvalue weighted by molar-refractivity contribution is 9.09. The molecule has 1 spiro atoms. The first-order valence-electron chi connectivity index (χ1n) is 11.6. The molecule has 1 saturated carbocycles. The summed E-state index contributed by atoms with van der Waals surface area (Å²) in [6.07, 6.45) is 7.52. The van der Waals surface area contributed by atoms with Gasteiger partial charge in [0.1, 0.15) is 0 Å². The zero-order valence-corrected chi connectivity index (χ0v) is 21.7. The summed E-state index contributed by atoms with van der Waals surface area (Å²) in [5, 5.41) is 0.692. The molecular formula is C29H26Br2O2. The Hall–Kier alpha value is -2.04. The maximum absolute atomic E-state index is 12.0. The third-order valence-electron chi connectivity index (χ3n) is 7.48. The van der Waals surface area contributed by atoms with Gasteiger partial charge in [-0.25, -0.2) is 0 Å². The fraction of sp³-hybridized carbons (Fsp3) is 0.310. The quantitative estimate of drug-likeness (QED) is 0.225. The van der Waals surface area contributed by atoms with Gasteiger partial charge >= 0.3 is 0 Å². The van der Waals surface area contributed by atoms with Crippen molar-refractivity contribution in [2.45, 2.75) is 38.5 Å². The van der Waals surface area contributed by atoms with Crippen molar-refractivity contribution in [1.82, 2.24) is 0 Å². The number of alkyl halides is 2. The minimum Gasteiger partial charge on any atom is -0.293 e. The standard InChI is InChI=1S/C29H26Br2O2/c30-17-27(32)21-7-3-19(4-8-21)23-11-12-24(20-5-9-22(10-6-20)28(33)18-31)26-16-29(15-25(23)26)13-1-2-14-29/h3-12H,1-2,13-18H2. The highest BCUT2D eigenvalue weighted by atomic mass is 79.9. The molecule has 5 rings (SSSR count). The normalized spacial score (nSPS) is 16.2. The van der Waals surface area contributed by atoms with E-state index >= 15 is 0 Å². The Bertz CT molecular complexity index is 1110. The molecule has 168 valence electrons. The van der Waals surface area contributed by atoms with Crippen LogP contribution >= 0.6 is 31.9 Å². The van der Waals surface area contributed by atoms with Crippen LogP contribution in [0.5, 0.6) is 0 Å². The monoisotopic (exact) mass is 564 g/mol. The van der Waals surface area contributed by atoms with E-state index in [0.717, 1.165) is 24.0 Å². The molecule has 3 aromatic carbocycles.